The first-order valence-electron chi connectivity index (χ1n) is 8.33. The van der Waals surface area contributed by atoms with Gasteiger partial charge in [0.15, 0.2) is 0 Å². The molecule has 0 saturated carbocycles. The fourth-order valence-electron chi connectivity index (χ4n) is 2.49. The van der Waals surface area contributed by atoms with Gasteiger partial charge in [-0.05, 0) is 29.8 Å². The number of methoxy groups -OCH3 is 2. The van der Waals surface area contributed by atoms with Gasteiger partial charge in [-0.15, -0.1) is 0 Å². The topological polar surface area (TPSA) is 64.3 Å². The summed E-state index contributed by atoms with van der Waals surface area (Å²) in [6.45, 7) is 3.19. The van der Waals surface area contributed by atoms with Crippen molar-refractivity contribution >= 4 is 0 Å². The van der Waals surface area contributed by atoms with Crippen molar-refractivity contribution in [3.05, 3.63) is 54.0 Å². The number of hydrogen-bond acceptors (Lipinski definition) is 6. The first-order valence-corrected chi connectivity index (χ1v) is 8.33. The summed E-state index contributed by atoms with van der Waals surface area (Å²) in [7, 11) is 3.33. The molecule has 1 aromatic carbocycles. The van der Waals surface area contributed by atoms with E-state index in [9.17, 15) is 5.11 Å². The number of benzene rings is 1. The third-order valence-corrected chi connectivity index (χ3v) is 3.78. The molecule has 2 rings (SSSR count). The van der Waals surface area contributed by atoms with Crippen molar-refractivity contribution in [1.82, 2.24) is 4.90 Å². The molecule has 6 nitrogen and oxygen atoms in total. The van der Waals surface area contributed by atoms with E-state index < -0.39 is 6.10 Å². The minimum absolute atomic E-state index is 0.257. The van der Waals surface area contributed by atoms with Crippen molar-refractivity contribution in [2.45, 2.75) is 19.3 Å². The van der Waals surface area contributed by atoms with Gasteiger partial charge in [0.1, 0.15) is 18.1 Å². The maximum absolute atomic E-state index is 10.2. The largest absolute Gasteiger partial charge is 0.497 e. The predicted molar refractivity (Wildman–Crippen MR) is 94.5 cm³/mol. The van der Waals surface area contributed by atoms with Gasteiger partial charge in [0, 0.05) is 26.7 Å². The standard InChI is InChI=1S/C19H27NO5/c1-22-11-9-20(12-16-5-7-18(23-2)8-6-16)13-17(21)14-24-15-19-4-3-10-25-19/h3-8,10,17,21H,9,11-15H2,1-2H3. The number of nitrogens with zero attached hydrogens (tertiary/aromatic N) is 1. The van der Waals surface area contributed by atoms with Crippen LogP contribution in [0.2, 0.25) is 0 Å². The van der Waals surface area contributed by atoms with Gasteiger partial charge < -0.3 is 23.7 Å². The number of furan rings is 1. The average molecular weight is 349 g/mol. The Hall–Kier alpha value is -1.86. The number of hydrogen-bond donors (Lipinski definition) is 1. The van der Waals surface area contributed by atoms with Crippen LogP contribution in [0.3, 0.4) is 0 Å². The molecule has 1 atom stereocenters. The zero-order valence-electron chi connectivity index (χ0n) is 14.9. The Kier molecular flexibility index (Phi) is 8.48. The molecular formula is C19H27NO5. The summed E-state index contributed by atoms with van der Waals surface area (Å²) in [5.74, 6) is 1.58. The summed E-state index contributed by atoms with van der Waals surface area (Å²) in [6.07, 6.45) is 1.03. The molecule has 25 heavy (non-hydrogen) atoms. The van der Waals surface area contributed by atoms with Crippen LogP contribution in [-0.2, 0) is 22.6 Å². The number of aliphatic hydroxyl groups excluding tert-OH is 1. The van der Waals surface area contributed by atoms with Crippen LogP contribution >= 0.6 is 0 Å². The van der Waals surface area contributed by atoms with Gasteiger partial charge in [-0.1, -0.05) is 12.1 Å². The van der Waals surface area contributed by atoms with Crippen molar-refractivity contribution in [2.75, 3.05) is 40.5 Å². The van der Waals surface area contributed by atoms with Gasteiger partial charge in [-0.3, -0.25) is 4.90 Å². The second-order valence-corrected chi connectivity index (χ2v) is 5.82. The van der Waals surface area contributed by atoms with E-state index in [1.54, 1.807) is 20.5 Å². The van der Waals surface area contributed by atoms with Gasteiger partial charge >= 0.3 is 0 Å². The van der Waals surface area contributed by atoms with Gasteiger partial charge in [0.2, 0.25) is 0 Å². The minimum atomic E-state index is -0.579. The van der Waals surface area contributed by atoms with E-state index in [1.165, 1.54) is 0 Å². The summed E-state index contributed by atoms with van der Waals surface area (Å²) in [4.78, 5) is 2.15. The van der Waals surface area contributed by atoms with Crippen molar-refractivity contribution < 1.29 is 23.7 Å². The Balaban J connectivity index is 1.80. The van der Waals surface area contributed by atoms with Gasteiger partial charge in [0.25, 0.3) is 0 Å². The first kappa shape index (κ1) is 19.5. The molecule has 2 aromatic rings. The smallest absolute Gasteiger partial charge is 0.129 e. The maximum Gasteiger partial charge on any atom is 0.129 e. The Labute approximate surface area is 148 Å². The summed E-state index contributed by atoms with van der Waals surface area (Å²) >= 11 is 0. The minimum Gasteiger partial charge on any atom is -0.497 e. The second-order valence-electron chi connectivity index (χ2n) is 5.82. The van der Waals surface area contributed by atoms with Crippen LogP contribution in [0.5, 0.6) is 5.75 Å². The maximum atomic E-state index is 10.2. The molecule has 0 aliphatic heterocycles. The molecule has 6 heteroatoms. The molecule has 0 radical (unpaired) electrons. The van der Waals surface area contributed by atoms with E-state index in [4.69, 9.17) is 18.6 Å². The lowest BCUT2D eigenvalue weighted by molar-refractivity contribution is 0.000485. The van der Waals surface area contributed by atoms with Crippen LogP contribution in [-0.4, -0.2) is 56.6 Å². The van der Waals surface area contributed by atoms with Crippen LogP contribution in [0.25, 0.3) is 0 Å². The van der Waals surface area contributed by atoms with E-state index in [0.717, 1.165) is 30.2 Å². The zero-order valence-corrected chi connectivity index (χ0v) is 14.9. The SMILES string of the molecule is COCCN(Cc1ccc(OC)cc1)CC(O)COCc1ccco1. The predicted octanol–water partition coefficient (Wildman–Crippen LogP) is 2.31. The molecule has 0 aliphatic rings. The van der Waals surface area contributed by atoms with Crippen LogP contribution in [0.1, 0.15) is 11.3 Å². The number of ether oxygens (including phenoxy) is 3. The molecule has 138 valence electrons. The molecular weight excluding hydrogens is 322 g/mol. The Bertz CT molecular complexity index is 570. The lowest BCUT2D eigenvalue weighted by Crippen LogP contribution is -2.36. The highest BCUT2D eigenvalue weighted by Gasteiger charge is 2.13. The van der Waals surface area contributed by atoms with E-state index in [1.807, 2.05) is 36.4 Å². The third kappa shape index (κ3) is 7.27. The van der Waals surface area contributed by atoms with Crippen molar-refractivity contribution in [1.29, 1.82) is 0 Å². The highest BCUT2D eigenvalue weighted by Crippen LogP contribution is 2.13. The lowest BCUT2D eigenvalue weighted by atomic mass is 10.2. The van der Waals surface area contributed by atoms with Gasteiger partial charge in [-0.2, -0.15) is 0 Å². The number of aliphatic hydroxyl groups is 1. The van der Waals surface area contributed by atoms with E-state index in [0.29, 0.717) is 19.8 Å². The molecule has 1 unspecified atom stereocenters. The van der Waals surface area contributed by atoms with Gasteiger partial charge in [-0.25, -0.2) is 0 Å². The fraction of sp³-hybridized carbons (Fsp3) is 0.474. The Morgan fingerprint density at radius 1 is 1.16 bits per heavy atom. The summed E-state index contributed by atoms with van der Waals surface area (Å²) in [5, 5.41) is 10.2. The summed E-state index contributed by atoms with van der Waals surface area (Å²) < 4.78 is 21.1. The van der Waals surface area contributed by atoms with Crippen molar-refractivity contribution in [3.63, 3.8) is 0 Å². The Morgan fingerprint density at radius 2 is 1.96 bits per heavy atom. The molecule has 0 spiro atoms. The molecule has 1 aromatic heterocycles. The summed E-state index contributed by atoms with van der Waals surface area (Å²) in [5.41, 5.74) is 1.15. The van der Waals surface area contributed by atoms with Crippen molar-refractivity contribution in [2.24, 2.45) is 0 Å². The molecule has 0 aliphatic carbocycles. The first-order chi connectivity index (χ1) is 12.2. The lowest BCUT2D eigenvalue weighted by Gasteiger charge is -2.25. The van der Waals surface area contributed by atoms with E-state index in [2.05, 4.69) is 4.90 Å². The van der Waals surface area contributed by atoms with E-state index >= 15 is 0 Å². The number of rotatable bonds is 12. The molecule has 0 bridgehead atoms. The van der Waals surface area contributed by atoms with Crippen LogP contribution in [0.4, 0.5) is 0 Å². The third-order valence-electron chi connectivity index (χ3n) is 3.78. The van der Waals surface area contributed by atoms with Crippen molar-refractivity contribution in [3.8, 4) is 5.75 Å². The highest BCUT2D eigenvalue weighted by molar-refractivity contribution is 5.27. The van der Waals surface area contributed by atoms with Crippen LogP contribution in [0, 0.1) is 0 Å². The highest BCUT2D eigenvalue weighted by atomic mass is 16.5. The van der Waals surface area contributed by atoms with Gasteiger partial charge in [0.05, 0.1) is 32.7 Å². The zero-order chi connectivity index (χ0) is 17.9. The fourth-order valence-corrected chi connectivity index (χ4v) is 2.49. The molecule has 1 N–H and O–H groups in total. The molecule has 0 amide bonds. The second kappa shape index (κ2) is 10.9. The van der Waals surface area contributed by atoms with Crippen LogP contribution < -0.4 is 4.74 Å². The molecule has 0 saturated heterocycles. The average Bonchev–Trinajstić information content (AvgIpc) is 3.13. The van der Waals surface area contributed by atoms with Crippen LogP contribution in [0.15, 0.2) is 47.1 Å². The molecule has 1 heterocycles. The quantitative estimate of drug-likeness (QED) is 0.634. The normalized spacial score (nSPS) is 12.5. The van der Waals surface area contributed by atoms with E-state index in [-0.39, 0.29) is 6.61 Å². The monoisotopic (exact) mass is 349 g/mol. The Morgan fingerprint density at radius 3 is 2.60 bits per heavy atom. The molecule has 0 fully saturated rings. The summed E-state index contributed by atoms with van der Waals surface area (Å²) in [6, 6.07) is 11.6.